The quantitative estimate of drug-likeness (QED) is 0.384. The fourth-order valence-corrected chi connectivity index (χ4v) is 3.25. The lowest BCUT2D eigenvalue weighted by Gasteiger charge is -2.11. The number of para-hydroxylation sites is 1. The van der Waals surface area contributed by atoms with Crippen LogP contribution in [-0.2, 0) is 0 Å². The van der Waals surface area contributed by atoms with Gasteiger partial charge in [0.15, 0.2) is 0 Å². The molecule has 3 aromatic carbocycles. The molecule has 0 heterocycles. The first-order valence-corrected chi connectivity index (χ1v) is 10.0. The Labute approximate surface area is 188 Å². The zero-order valence-electron chi connectivity index (χ0n) is 16.9. The molecule has 0 aliphatic heterocycles. The summed E-state index contributed by atoms with van der Waals surface area (Å²) >= 11 is 3.36. The molecule has 0 unspecified atom stereocenters. The van der Waals surface area contributed by atoms with E-state index in [1.54, 1.807) is 74.9 Å². The Morgan fingerprint density at radius 2 is 1.61 bits per heavy atom. The van der Waals surface area contributed by atoms with Crippen molar-refractivity contribution in [2.24, 2.45) is 5.10 Å². The minimum absolute atomic E-state index is 0.276. The Bertz CT molecular complexity index is 1130. The maximum absolute atomic E-state index is 12.7. The molecule has 0 saturated heterocycles. The first kappa shape index (κ1) is 22.0. The monoisotopic (exact) mass is 481 g/mol. The maximum Gasteiger partial charge on any atom is 0.273 e. The van der Waals surface area contributed by atoms with E-state index in [1.807, 2.05) is 6.07 Å². The Morgan fingerprint density at radius 3 is 2.32 bits per heavy atom. The molecule has 3 rings (SSSR count). The van der Waals surface area contributed by atoms with E-state index in [4.69, 9.17) is 9.47 Å². The number of hydrazone groups is 1. The first-order valence-electron chi connectivity index (χ1n) is 9.24. The molecule has 0 spiro atoms. The highest BCUT2D eigenvalue weighted by atomic mass is 79.9. The van der Waals surface area contributed by atoms with Crippen molar-refractivity contribution in [3.63, 3.8) is 0 Å². The van der Waals surface area contributed by atoms with E-state index in [0.717, 1.165) is 0 Å². The number of nitrogens with zero attached hydrogens (tertiary/aromatic N) is 1. The minimum Gasteiger partial charge on any atom is -0.497 e. The summed E-state index contributed by atoms with van der Waals surface area (Å²) in [6.07, 6.45) is 1.46. The normalized spacial score (nSPS) is 10.5. The standard InChI is InChI=1S/C23H20BrN3O4/c1-30-16-11-12-21(31-2)15(13-16)14-25-27-23(29)18-8-4-6-10-20(18)26-22(28)17-7-3-5-9-19(17)24/h3-14H,1-2H3,(H,26,28)(H,27,29). The molecular formula is C23H20BrN3O4. The molecular weight excluding hydrogens is 462 g/mol. The third-order valence-corrected chi connectivity index (χ3v) is 5.04. The average Bonchev–Trinajstić information content (AvgIpc) is 2.79. The fraction of sp³-hybridized carbons (Fsp3) is 0.0870. The summed E-state index contributed by atoms with van der Waals surface area (Å²) in [5.41, 5.74) is 4.22. The number of methoxy groups -OCH3 is 2. The molecule has 2 amide bonds. The predicted molar refractivity (Wildman–Crippen MR) is 123 cm³/mol. The summed E-state index contributed by atoms with van der Waals surface area (Å²) in [5.74, 6) is 0.409. The number of hydrogen-bond donors (Lipinski definition) is 2. The van der Waals surface area contributed by atoms with Gasteiger partial charge >= 0.3 is 0 Å². The molecule has 158 valence electrons. The minimum atomic E-state index is -0.471. The van der Waals surface area contributed by atoms with Gasteiger partial charge in [0.05, 0.1) is 37.2 Å². The van der Waals surface area contributed by atoms with Crippen LogP contribution in [0.2, 0.25) is 0 Å². The van der Waals surface area contributed by atoms with E-state index >= 15 is 0 Å². The average molecular weight is 482 g/mol. The number of ether oxygens (including phenoxy) is 2. The van der Waals surface area contributed by atoms with Crippen molar-refractivity contribution in [2.75, 3.05) is 19.5 Å². The third-order valence-electron chi connectivity index (χ3n) is 4.34. The number of amides is 2. The van der Waals surface area contributed by atoms with E-state index < -0.39 is 5.91 Å². The van der Waals surface area contributed by atoms with Crippen LogP contribution in [0.4, 0.5) is 5.69 Å². The van der Waals surface area contributed by atoms with Crippen LogP contribution in [0.3, 0.4) is 0 Å². The molecule has 0 radical (unpaired) electrons. The maximum atomic E-state index is 12.7. The molecule has 0 saturated carbocycles. The van der Waals surface area contributed by atoms with Gasteiger partial charge in [-0.15, -0.1) is 0 Å². The number of anilines is 1. The second-order valence-electron chi connectivity index (χ2n) is 6.29. The second kappa shape index (κ2) is 10.4. The zero-order chi connectivity index (χ0) is 22.2. The van der Waals surface area contributed by atoms with Gasteiger partial charge in [-0.1, -0.05) is 24.3 Å². The van der Waals surface area contributed by atoms with Crippen molar-refractivity contribution in [1.82, 2.24) is 5.43 Å². The van der Waals surface area contributed by atoms with E-state index in [2.05, 4.69) is 31.8 Å². The number of halogens is 1. The van der Waals surface area contributed by atoms with Crippen LogP contribution < -0.4 is 20.2 Å². The van der Waals surface area contributed by atoms with Crippen LogP contribution in [0, 0.1) is 0 Å². The van der Waals surface area contributed by atoms with Crippen molar-refractivity contribution < 1.29 is 19.1 Å². The molecule has 0 bridgehead atoms. The van der Waals surface area contributed by atoms with Gasteiger partial charge in [-0.3, -0.25) is 9.59 Å². The number of rotatable bonds is 7. The van der Waals surface area contributed by atoms with Crippen molar-refractivity contribution in [3.05, 3.63) is 87.9 Å². The topological polar surface area (TPSA) is 89.0 Å². The molecule has 31 heavy (non-hydrogen) atoms. The molecule has 0 aliphatic carbocycles. The highest BCUT2D eigenvalue weighted by Gasteiger charge is 2.15. The lowest BCUT2D eigenvalue weighted by atomic mass is 10.1. The van der Waals surface area contributed by atoms with Crippen molar-refractivity contribution in [1.29, 1.82) is 0 Å². The number of benzene rings is 3. The van der Waals surface area contributed by atoms with Crippen LogP contribution in [0.1, 0.15) is 26.3 Å². The largest absolute Gasteiger partial charge is 0.497 e. The lowest BCUT2D eigenvalue weighted by molar-refractivity contribution is 0.0956. The van der Waals surface area contributed by atoms with Gasteiger partial charge < -0.3 is 14.8 Å². The van der Waals surface area contributed by atoms with Gasteiger partial charge in [-0.05, 0) is 58.4 Å². The Morgan fingerprint density at radius 1 is 0.903 bits per heavy atom. The van der Waals surface area contributed by atoms with Gasteiger partial charge in [0, 0.05) is 10.0 Å². The molecule has 0 aliphatic rings. The number of nitrogens with one attached hydrogen (secondary N) is 2. The van der Waals surface area contributed by atoms with Crippen molar-refractivity contribution in [3.8, 4) is 11.5 Å². The highest BCUT2D eigenvalue weighted by molar-refractivity contribution is 9.10. The van der Waals surface area contributed by atoms with Gasteiger partial charge in [-0.25, -0.2) is 5.43 Å². The Kier molecular flexibility index (Phi) is 7.40. The SMILES string of the molecule is COc1ccc(OC)c(C=NNC(=O)c2ccccc2NC(=O)c2ccccc2Br)c1. The first-order chi connectivity index (χ1) is 15.0. The number of hydrogen-bond acceptors (Lipinski definition) is 5. The predicted octanol–water partition coefficient (Wildman–Crippen LogP) is 4.48. The zero-order valence-corrected chi connectivity index (χ0v) is 18.5. The Balaban J connectivity index is 1.76. The lowest BCUT2D eigenvalue weighted by Crippen LogP contribution is -2.21. The van der Waals surface area contributed by atoms with Crippen LogP contribution >= 0.6 is 15.9 Å². The Hall–Kier alpha value is -3.65. The summed E-state index contributed by atoms with van der Waals surface area (Å²) in [6.45, 7) is 0. The van der Waals surface area contributed by atoms with Crippen molar-refractivity contribution >= 4 is 39.6 Å². The number of carbonyl (C=O) groups excluding carboxylic acids is 2. The van der Waals surface area contributed by atoms with Crippen molar-refractivity contribution in [2.45, 2.75) is 0 Å². The number of carbonyl (C=O) groups is 2. The molecule has 3 aromatic rings. The van der Waals surface area contributed by atoms with E-state index in [9.17, 15) is 9.59 Å². The van der Waals surface area contributed by atoms with Crippen LogP contribution in [-0.4, -0.2) is 32.2 Å². The van der Waals surface area contributed by atoms with Gasteiger partial charge in [0.2, 0.25) is 0 Å². The smallest absolute Gasteiger partial charge is 0.273 e. The fourth-order valence-electron chi connectivity index (χ4n) is 2.79. The van der Waals surface area contributed by atoms with Gasteiger partial charge in [0.25, 0.3) is 11.8 Å². The molecule has 0 atom stereocenters. The van der Waals surface area contributed by atoms with E-state index in [-0.39, 0.29) is 11.5 Å². The van der Waals surface area contributed by atoms with Gasteiger partial charge in [0.1, 0.15) is 11.5 Å². The van der Waals surface area contributed by atoms with E-state index in [1.165, 1.54) is 6.21 Å². The van der Waals surface area contributed by atoms with E-state index in [0.29, 0.717) is 32.8 Å². The third kappa shape index (κ3) is 5.49. The molecule has 0 aromatic heterocycles. The van der Waals surface area contributed by atoms with Crippen LogP contribution in [0.15, 0.2) is 76.3 Å². The molecule has 7 nitrogen and oxygen atoms in total. The summed E-state index contributed by atoms with van der Waals surface area (Å²) in [4.78, 5) is 25.3. The van der Waals surface area contributed by atoms with Crippen LogP contribution in [0.5, 0.6) is 11.5 Å². The summed E-state index contributed by atoms with van der Waals surface area (Å²) < 4.78 is 11.1. The van der Waals surface area contributed by atoms with Crippen LogP contribution in [0.25, 0.3) is 0 Å². The second-order valence-corrected chi connectivity index (χ2v) is 7.14. The summed E-state index contributed by atoms with van der Waals surface area (Å²) in [7, 11) is 3.10. The summed E-state index contributed by atoms with van der Waals surface area (Å²) in [5, 5.41) is 6.79. The highest BCUT2D eigenvalue weighted by Crippen LogP contribution is 2.23. The molecule has 8 heteroatoms. The van der Waals surface area contributed by atoms with Gasteiger partial charge in [-0.2, -0.15) is 5.10 Å². The molecule has 0 fully saturated rings. The summed E-state index contributed by atoms with van der Waals surface area (Å²) in [6, 6.07) is 19.0. The molecule has 2 N–H and O–H groups in total.